The minimum Gasteiger partial charge on any atom is -0.268 e. The van der Waals surface area contributed by atoms with Gasteiger partial charge in [-0.25, -0.2) is 0 Å². The van der Waals surface area contributed by atoms with Crippen molar-refractivity contribution in [1.29, 1.82) is 0 Å². The van der Waals surface area contributed by atoms with Gasteiger partial charge in [-0.1, -0.05) is 50.9 Å². The summed E-state index contributed by atoms with van der Waals surface area (Å²) in [5.41, 5.74) is 3.59. The van der Waals surface area contributed by atoms with Crippen molar-refractivity contribution >= 4 is 42.4 Å². The number of anilines is 1. The van der Waals surface area contributed by atoms with Crippen LogP contribution < -0.4 is 4.31 Å². The fourth-order valence-corrected chi connectivity index (χ4v) is 3.43. The zero-order chi connectivity index (χ0) is 15.2. The maximum atomic E-state index is 4.70. The molecule has 0 fully saturated rings. The topological polar surface area (TPSA) is 28.0 Å². The van der Waals surface area contributed by atoms with Gasteiger partial charge in [-0.05, 0) is 35.4 Å². The molecule has 2 aromatic rings. The van der Waals surface area contributed by atoms with Gasteiger partial charge in [0.1, 0.15) is 0 Å². The second kappa shape index (κ2) is 7.43. The highest BCUT2D eigenvalue weighted by atomic mass is 32.1. The molecule has 1 aromatic heterocycles. The molecule has 0 saturated heterocycles. The molecular weight excluding hydrogens is 298 g/mol. The standard InChI is InChI=1S/C16H19N3S2/c1-4-12-8-6-9-13(5-2)15(12)19(20)16(18-17-3)14-10-7-11-21-14/h6-11,20H,3-5H2,1-2H3/b18-16-. The Bertz CT molecular complexity index is 611. The number of thiophene rings is 1. The third-order valence-electron chi connectivity index (χ3n) is 3.28. The fraction of sp³-hybridized carbons (Fsp3) is 0.250. The molecule has 1 aromatic carbocycles. The average molecular weight is 317 g/mol. The molecule has 5 heteroatoms. The number of hydrogen-bond acceptors (Lipinski definition) is 4. The van der Waals surface area contributed by atoms with Crippen molar-refractivity contribution in [2.45, 2.75) is 26.7 Å². The monoisotopic (exact) mass is 317 g/mol. The van der Waals surface area contributed by atoms with Crippen LogP contribution in [-0.2, 0) is 12.8 Å². The molecule has 2 rings (SSSR count). The zero-order valence-electron chi connectivity index (χ0n) is 12.3. The smallest absolute Gasteiger partial charge is 0.182 e. The van der Waals surface area contributed by atoms with Crippen LogP contribution in [0.5, 0.6) is 0 Å². The first kappa shape index (κ1) is 15.8. The summed E-state index contributed by atoms with van der Waals surface area (Å²) in [5, 5.41) is 9.90. The number of thiol groups is 1. The van der Waals surface area contributed by atoms with Gasteiger partial charge in [0.05, 0.1) is 10.6 Å². The number of benzene rings is 1. The van der Waals surface area contributed by atoms with Gasteiger partial charge in [0.2, 0.25) is 0 Å². The summed E-state index contributed by atoms with van der Waals surface area (Å²) in [4.78, 5) is 1.02. The molecule has 0 aliphatic rings. The van der Waals surface area contributed by atoms with E-state index in [0.29, 0.717) is 5.84 Å². The first-order chi connectivity index (χ1) is 10.2. The van der Waals surface area contributed by atoms with E-state index in [1.165, 1.54) is 11.1 Å². The molecule has 0 aliphatic heterocycles. The first-order valence-corrected chi connectivity index (χ1v) is 8.18. The largest absolute Gasteiger partial charge is 0.268 e. The van der Waals surface area contributed by atoms with Crippen LogP contribution in [0.3, 0.4) is 0 Å². The highest BCUT2D eigenvalue weighted by molar-refractivity contribution is 7.82. The Morgan fingerprint density at radius 2 is 1.86 bits per heavy atom. The molecule has 1 heterocycles. The predicted molar refractivity (Wildman–Crippen MR) is 97.1 cm³/mol. The van der Waals surface area contributed by atoms with E-state index in [-0.39, 0.29) is 0 Å². The second-order valence-corrected chi connectivity index (χ2v) is 5.83. The van der Waals surface area contributed by atoms with Gasteiger partial charge in [-0.15, -0.1) is 16.4 Å². The van der Waals surface area contributed by atoms with Crippen LogP contribution in [-0.4, -0.2) is 12.6 Å². The van der Waals surface area contributed by atoms with Crippen molar-refractivity contribution in [3.63, 3.8) is 0 Å². The number of rotatable bonds is 5. The van der Waals surface area contributed by atoms with Crippen LogP contribution in [0.15, 0.2) is 45.9 Å². The number of aryl methyl sites for hydroxylation is 2. The van der Waals surface area contributed by atoms with Gasteiger partial charge in [0, 0.05) is 6.72 Å². The van der Waals surface area contributed by atoms with Crippen LogP contribution in [0.25, 0.3) is 0 Å². The zero-order valence-corrected chi connectivity index (χ0v) is 14.0. The van der Waals surface area contributed by atoms with Gasteiger partial charge in [-0.2, -0.15) is 5.10 Å². The summed E-state index contributed by atoms with van der Waals surface area (Å²) >= 11 is 6.32. The molecule has 0 bridgehead atoms. The van der Waals surface area contributed by atoms with E-state index in [2.05, 4.69) is 49.0 Å². The molecule has 0 amide bonds. The Hall–Kier alpha value is -1.59. The molecule has 0 saturated carbocycles. The van der Waals surface area contributed by atoms with Crippen molar-refractivity contribution in [2.75, 3.05) is 4.31 Å². The van der Waals surface area contributed by atoms with E-state index in [9.17, 15) is 0 Å². The molecule has 0 N–H and O–H groups in total. The van der Waals surface area contributed by atoms with Gasteiger partial charge in [-0.3, -0.25) is 4.31 Å². The van der Waals surface area contributed by atoms with Gasteiger partial charge in [0.25, 0.3) is 0 Å². The lowest BCUT2D eigenvalue weighted by atomic mass is 10.0. The van der Waals surface area contributed by atoms with Crippen molar-refractivity contribution in [3.8, 4) is 0 Å². The van der Waals surface area contributed by atoms with E-state index in [0.717, 1.165) is 23.4 Å². The number of para-hydroxylation sites is 1. The third-order valence-corrected chi connectivity index (χ3v) is 4.54. The van der Waals surface area contributed by atoms with Crippen molar-refractivity contribution in [3.05, 3.63) is 51.7 Å². The maximum Gasteiger partial charge on any atom is 0.182 e. The Morgan fingerprint density at radius 3 is 2.33 bits per heavy atom. The molecule has 0 radical (unpaired) electrons. The summed E-state index contributed by atoms with van der Waals surface area (Å²) in [6.07, 6.45) is 1.89. The SMILES string of the molecule is C=N/N=C(/c1cccs1)N(S)c1c(CC)cccc1CC. The van der Waals surface area contributed by atoms with Crippen LogP contribution in [0.1, 0.15) is 29.9 Å². The van der Waals surface area contributed by atoms with Crippen LogP contribution in [0.2, 0.25) is 0 Å². The highest BCUT2D eigenvalue weighted by Crippen LogP contribution is 2.30. The highest BCUT2D eigenvalue weighted by Gasteiger charge is 2.19. The Balaban J connectivity index is 2.54. The Kier molecular flexibility index (Phi) is 5.59. The van der Waals surface area contributed by atoms with Gasteiger partial charge >= 0.3 is 0 Å². The van der Waals surface area contributed by atoms with E-state index in [1.54, 1.807) is 11.3 Å². The average Bonchev–Trinajstić information content (AvgIpc) is 3.05. The minimum absolute atomic E-state index is 0.707. The summed E-state index contributed by atoms with van der Waals surface area (Å²) in [5.74, 6) is 0.707. The molecule has 21 heavy (non-hydrogen) atoms. The summed E-state index contributed by atoms with van der Waals surface area (Å²) in [7, 11) is 0. The third kappa shape index (κ3) is 3.36. The summed E-state index contributed by atoms with van der Waals surface area (Å²) in [6, 6.07) is 10.4. The molecule has 0 atom stereocenters. The summed E-state index contributed by atoms with van der Waals surface area (Å²) < 4.78 is 1.83. The van der Waals surface area contributed by atoms with Gasteiger partial charge < -0.3 is 0 Å². The van der Waals surface area contributed by atoms with E-state index < -0.39 is 0 Å². The quantitative estimate of drug-likeness (QED) is 0.371. The second-order valence-electron chi connectivity index (χ2n) is 4.49. The molecule has 0 aliphatic carbocycles. The van der Waals surface area contributed by atoms with E-state index in [4.69, 9.17) is 12.8 Å². The molecule has 0 spiro atoms. The van der Waals surface area contributed by atoms with E-state index >= 15 is 0 Å². The first-order valence-electron chi connectivity index (χ1n) is 6.90. The predicted octanol–water partition coefficient (Wildman–Crippen LogP) is 4.59. The van der Waals surface area contributed by atoms with Crippen molar-refractivity contribution in [2.24, 2.45) is 10.2 Å². The fourth-order valence-electron chi connectivity index (χ4n) is 2.26. The maximum absolute atomic E-state index is 4.70. The van der Waals surface area contributed by atoms with Gasteiger partial charge in [0.15, 0.2) is 5.84 Å². The van der Waals surface area contributed by atoms with Crippen LogP contribution >= 0.6 is 24.2 Å². The minimum atomic E-state index is 0.707. The molecule has 3 nitrogen and oxygen atoms in total. The molecule has 110 valence electrons. The lowest BCUT2D eigenvalue weighted by molar-refractivity contribution is 1.08. The normalized spacial score (nSPS) is 11.5. The van der Waals surface area contributed by atoms with E-state index in [1.807, 2.05) is 21.8 Å². The lowest BCUT2D eigenvalue weighted by Gasteiger charge is -2.23. The number of hydrogen-bond donors (Lipinski definition) is 1. The summed E-state index contributed by atoms with van der Waals surface area (Å²) in [6.45, 7) is 7.77. The molecular formula is C16H19N3S2. The molecule has 0 unspecified atom stereocenters. The lowest BCUT2D eigenvalue weighted by Crippen LogP contribution is -2.23. The Labute approximate surface area is 135 Å². The number of amidine groups is 1. The van der Waals surface area contributed by atoms with Crippen molar-refractivity contribution in [1.82, 2.24) is 0 Å². The van der Waals surface area contributed by atoms with Crippen molar-refractivity contribution < 1.29 is 0 Å². The number of nitrogens with zero attached hydrogens (tertiary/aromatic N) is 3. The van der Waals surface area contributed by atoms with Crippen LogP contribution in [0, 0.1) is 0 Å². The Morgan fingerprint density at radius 1 is 1.19 bits per heavy atom. The van der Waals surface area contributed by atoms with Crippen LogP contribution in [0.4, 0.5) is 5.69 Å².